The Hall–Kier alpha value is -2.13. The highest BCUT2D eigenvalue weighted by Crippen LogP contribution is 2.26. The maximum Gasteiger partial charge on any atom is 0.135 e. The van der Waals surface area contributed by atoms with E-state index < -0.39 is 0 Å². The van der Waals surface area contributed by atoms with Crippen LogP contribution in [0.25, 0.3) is 11.0 Å². The second kappa shape index (κ2) is 5.47. The van der Waals surface area contributed by atoms with Crippen molar-refractivity contribution >= 4 is 22.6 Å². The average molecular weight is 289 g/mol. The molecular weight excluding hydrogens is 276 g/mol. The van der Waals surface area contributed by atoms with Crippen LogP contribution in [0, 0.1) is 0 Å². The van der Waals surface area contributed by atoms with Crippen molar-refractivity contribution in [2.45, 2.75) is 6.61 Å². The quantitative estimate of drug-likeness (QED) is 0.699. The lowest BCUT2D eigenvalue weighted by Gasteiger charge is -2.06. The lowest BCUT2D eigenvalue weighted by atomic mass is 10.2. The van der Waals surface area contributed by atoms with Crippen molar-refractivity contribution in [1.29, 1.82) is 0 Å². The number of benzene rings is 2. The van der Waals surface area contributed by atoms with Gasteiger partial charge >= 0.3 is 0 Å². The molecule has 0 N–H and O–H groups in total. The van der Waals surface area contributed by atoms with E-state index >= 15 is 0 Å². The second-order valence-electron chi connectivity index (χ2n) is 4.37. The molecule has 2 aromatic carbocycles. The number of halogens is 1. The standard InChI is InChI=1S/C16H13ClO3/c1-18-13-3-5-14(6-4-13)19-9-11-10-20-16-8-12(17)2-7-15(11)16/h2-8,10H,9H2,1H3. The van der Waals surface area contributed by atoms with Crippen molar-refractivity contribution in [2.75, 3.05) is 7.11 Å². The maximum absolute atomic E-state index is 5.93. The van der Waals surface area contributed by atoms with Crippen molar-refractivity contribution in [3.8, 4) is 11.5 Å². The first-order valence-electron chi connectivity index (χ1n) is 6.19. The Labute approximate surface area is 121 Å². The van der Waals surface area contributed by atoms with Gasteiger partial charge < -0.3 is 13.9 Å². The molecule has 0 saturated heterocycles. The van der Waals surface area contributed by atoms with Crippen molar-refractivity contribution in [3.63, 3.8) is 0 Å². The van der Waals surface area contributed by atoms with Crippen molar-refractivity contribution in [2.24, 2.45) is 0 Å². The Morgan fingerprint density at radius 1 is 1.05 bits per heavy atom. The Bertz CT molecular complexity index is 716. The van der Waals surface area contributed by atoms with Gasteiger partial charge in [0.25, 0.3) is 0 Å². The molecule has 1 aromatic heterocycles. The summed E-state index contributed by atoms with van der Waals surface area (Å²) in [7, 11) is 1.64. The van der Waals surface area contributed by atoms with Gasteiger partial charge in [-0.25, -0.2) is 0 Å². The Kier molecular flexibility index (Phi) is 3.52. The van der Waals surface area contributed by atoms with Gasteiger partial charge in [0.2, 0.25) is 0 Å². The van der Waals surface area contributed by atoms with Crippen LogP contribution >= 0.6 is 11.6 Å². The van der Waals surface area contributed by atoms with Crippen LogP contribution in [0.4, 0.5) is 0 Å². The molecule has 0 bridgehead atoms. The van der Waals surface area contributed by atoms with Crippen LogP contribution in [0.5, 0.6) is 11.5 Å². The van der Waals surface area contributed by atoms with E-state index in [0.29, 0.717) is 11.6 Å². The molecule has 3 aromatic rings. The van der Waals surface area contributed by atoms with Crippen LogP contribution in [-0.2, 0) is 6.61 Å². The molecule has 102 valence electrons. The number of rotatable bonds is 4. The smallest absolute Gasteiger partial charge is 0.135 e. The molecule has 0 aliphatic rings. The third-order valence-electron chi connectivity index (χ3n) is 3.07. The lowest BCUT2D eigenvalue weighted by Crippen LogP contribution is -1.94. The van der Waals surface area contributed by atoms with Crippen LogP contribution in [-0.4, -0.2) is 7.11 Å². The molecule has 3 rings (SSSR count). The molecule has 0 aliphatic carbocycles. The largest absolute Gasteiger partial charge is 0.497 e. The molecule has 0 unspecified atom stereocenters. The fourth-order valence-electron chi connectivity index (χ4n) is 2.00. The molecule has 20 heavy (non-hydrogen) atoms. The highest BCUT2D eigenvalue weighted by atomic mass is 35.5. The van der Waals surface area contributed by atoms with Gasteiger partial charge in [0, 0.05) is 16.0 Å². The van der Waals surface area contributed by atoms with Gasteiger partial charge in [-0.1, -0.05) is 11.6 Å². The predicted octanol–water partition coefficient (Wildman–Crippen LogP) is 4.67. The summed E-state index contributed by atoms with van der Waals surface area (Å²) >= 11 is 5.93. The SMILES string of the molecule is COc1ccc(OCc2coc3cc(Cl)ccc23)cc1. The second-order valence-corrected chi connectivity index (χ2v) is 4.80. The van der Waals surface area contributed by atoms with E-state index in [2.05, 4.69) is 0 Å². The van der Waals surface area contributed by atoms with E-state index in [1.165, 1.54) is 0 Å². The Morgan fingerprint density at radius 3 is 2.55 bits per heavy atom. The fourth-order valence-corrected chi connectivity index (χ4v) is 2.16. The summed E-state index contributed by atoms with van der Waals surface area (Å²) in [6.45, 7) is 0.445. The zero-order valence-electron chi connectivity index (χ0n) is 10.9. The predicted molar refractivity (Wildman–Crippen MR) is 78.6 cm³/mol. The van der Waals surface area contributed by atoms with Gasteiger partial charge in [-0.3, -0.25) is 0 Å². The average Bonchev–Trinajstić information content (AvgIpc) is 2.88. The lowest BCUT2D eigenvalue weighted by molar-refractivity contribution is 0.305. The zero-order valence-corrected chi connectivity index (χ0v) is 11.7. The topological polar surface area (TPSA) is 31.6 Å². The van der Waals surface area contributed by atoms with Gasteiger partial charge in [0.15, 0.2) is 0 Å². The van der Waals surface area contributed by atoms with Crippen LogP contribution < -0.4 is 9.47 Å². The number of methoxy groups -OCH3 is 1. The van der Waals surface area contributed by atoms with Crippen molar-refractivity contribution < 1.29 is 13.9 Å². The van der Waals surface area contributed by atoms with Crippen LogP contribution in [0.3, 0.4) is 0 Å². The van der Waals surface area contributed by atoms with E-state index in [9.17, 15) is 0 Å². The van der Waals surface area contributed by atoms with Crippen LogP contribution in [0.15, 0.2) is 53.1 Å². The monoisotopic (exact) mass is 288 g/mol. The van der Waals surface area contributed by atoms with Crippen LogP contribution in [0.2, 0.25) is 5.02 Å². The molecule has 1 heterocycles. The van der Waals surface area contributed by atoms with E-state index in [1.807, 2.05) is 36.4 Å². The summed E-state index contributed by atoms with van der Waals surface area (Å²) in [5.74, 6) is 1.59. The number of fused-ring (bicyclic) bond motifs is 1. The van der Waals surface area contributed by atoms with Crippen molar-refractivity contribution in [1.82, 2.24) is 0 Å². The number of furan rings is 1. The third kappa shape index (κ3) is 2.58. The van der Waals surface area contributed by atoms with Gasteiger partial charge in [-0.05, 0) is 42.5 Å². The molecule has 0 atom stereocenters. The maximum atomic E-state index is 5.93. The summed E-state index contributed by atoms with van der Waals surface area (Å²) in [6.07, 6.45) is 1.70. The minimum absolute atomic E-state index is 0.445. The normalized spacial score (nSPS) is 10.7. The molecule has 0 fully saturated rings. The van der Waals surface area contributed by atoms with Crippen molar-refractivity contribution in [3.05, 3.63) is 59.3 Å². The number of hydrogen-bond donors (Lipinski definition) is 0. The molecule has 3 nitrogen and oxygen atoms in total. The minimum Gasteiger partial charge on any atom is -0.497 e. The first-order valence-corrected chi connectivity index (χ1v) is 6.56. The van der Waals surface area contributed by atoms with Crippen LogP contribution in [0.1, 0.15) is 5.56 Å². The zero-order chi connectivity index (χ0) is 13.9. The van der Waals surface area contributed by atoms with Gasteiger partial charge in [-0.2, -0.15) is 0 Å². The highest BCUT2D eigenvalue weighted by Gasteiger charge is 2.07. The molecule has 0 aliphatic heterocycles. The molecule has 0 radical (unpaired) electrons. The molecule has 0 spiro atoms. The fraction of sp³-hybridized carbons (Fsp3) is 0.125. The third-order valence-corrected chi connectivity index (χ3v) is 3.31. The minimum atomic E-state index is 0.445. The first-order chi connectivity index (χ1) is 9.76. The number of ether oxygens (including phenoxy) is 2. The summed E-state index contributed by atoms with van der Waals surface area (Å²) in [6, 6.07) is 13.1. The molecular formula is C16H13ClO3. The Morgan fingerprint density at radius 2 is 1.80 bits per heavy atom. The summed E-state index contributed by atoms with van der Waals surface area (Å²) < 4.78 is 16.3. The highest BCUT2D eigenvalue weighted by molar-refractivity contribution is 6.31. The van der Waals surface area contributed by atoms with Gasteiger partial charge in [-0.15, -0.1) is 0 Å². The van der Waals surface area contributed by atoms with E-state index in [0.717, 1.165) is 28.0 Å². The summed E-state index contributed by atoms with van der Waals surface area (Å²) in [5.41, 5.74) is 1.76. The summed E-state index contributed by atoms with van der Waals surface area (Å²) in [4.78, 5) is 0. The molecule has 0 saturated carbocycles. The van der Waals surface area contributed by atoms with E-state index in [4.69, 9.17) is 25.5 Å². The molecule has 4 heteroatoms. The Balaban J connectivity index is 1.76. The first kappa shape index (κ1) is 12.9. The van der Waals surface area contributed by atoms with E-state index in [-0.39, 0.29) is 0 Å². The molecule has 0 amide bonds. The number of hydrogen-bond acceptors (Lipinski definition) is 3. The van der Waals surface area contributed by atoms with E-state index in [1.54, 1.807) is 19.4 Å². The van der Waals surface area contributed by atoms with Gasteiger partial charge in [0.05, 0.1) is 13.4 Å². The van der Waals surface area contributed by atoms with Gasteiger partial charge in [0.1, 0.15) is 23.7 Å². The summed E-state index contributed by atoms with van der Waals surface area (Å²) in [5, 5.41) is 1.68.